The number of carboxylic acids is 1. The molecule has 3 atom stereocenters. The summed E-state index contributed by atoms with van der Waals surface area (Å²) in [7, 11) is 2.10. The molecule has 2 heterocycles. The van der Waals surface area contributed by atoms with Crippen molar-refractivity contribution in [2.75, 3.05) is 20.2 Å². The maximum atomic E-state index is 10.7. The molecule has 0 spiro atoms. The molecular weight excluding hydrogens is 210 g/mol. The molecule has 2 aliphatic heterocycles. The lowest BCUT2D eigenvalue weighted by Gasteiger charge is -2.33. The summed E-state index contributed by atoms with van der Waals surface area (Å²) in [5.41, 5.74) is 0. The first-order valence-corrected chi connectivity index (χ1v) is 5.87. The van der Waals surface area contributed by atoms with E-state index in [-0.39, 0.29) is 12.9 Å². The summed E-state index contributed by atoms with van der Waals surface area (Å²) in [5.74, 6) is -0.931. The number of carbonyl (C=O) groups is 1. The van der Waals surface area contributed by atoms with Crippen molar-refractivity contribution >= 4 is 5.97 Å². The molecule has 2 saturated heterocycles. The van der Waals surface area contributed by atoms with Crippen LogP contribution in [-0.2, 0) is 14.3 Å². The molecule has 0 amide bonds. The van der Waals surface area contributed by atoms with E-state index in [9.17, 15) is 4.79 Å². The molecule has 2 fully saturated rings. The first-order valence-electron chi connectivity index (χ1n) is 5.87. The normalized spacial score (nSPS) is 36.4. The summed E-state index contributed by atoms with van der Waals surface area (Å²) >= 11 is 0. The van der Waals surface area contributed by atoms with Crippen LogP contribution in [0.1, 0.15) is 25.7 Å². The van der Waals surface area contributed by atoms with Gasteiger partial charge in [-0.25, -0.2) is 4.79 Å². The molecule has 0 aromatic carbocycles. The summed E-state index contributed by atoms with van der Waals surface area (Å²) < 4.78 is 10.7. The second kappa shape index (κ2) is 5.12. The van der Waals surface area contributed by atoms with Crippen molar-refractivity contribution in [2.45, 2.75) is 44.1 Å². The van der Waals surface area contributed by atoms with Crippen molar-refractivity contribution in [3.8, 4) is 0 Å². The predicted octanol–water partition coefficient (Wildman–Crippen LogP) is 0.687. The smallest absolute Gasteiger partial charge is 0.335 e. The highest BCUT2D eigenvalue weighted by atomic mass is 16.7. The maximum Gasteiger partial charge on any atom is 0.335 e. The second-order valence-corrected chi connectivity index (χ2v) is 4.59. The van der Waals surface area contributed by atoms with Gasteiger partial charge in [-0.3, -0.25) is 0 Å². The van der Waals surface area contributed by atoms with Gasteiger partial charge in [-0.1, -0.05) is 6.42 Å². The Morgan fingerprint density at radius 2 is 2.31 bits per heavy atom. The Balaban J connectivity index is 1.79. The third-order valence-corrected chi connectivity index (χ3v) is 3.41. The van der Waals surface area contributed by atoms with Crippen LogP contribution in [0.15, 0.2) is 0 Å². The SMILES string of the molecule is CN1CCCCC1CC1OCC(C(=O)O)O1. The molecule has 0 saturated carbocycles. The van der Waals surface area contributed by atoms with E-state index in [1.807, 2.05) is 0 Å². The zero-order valence-electron chi connectivity index (χ0n) is 9.59. The van der Waals surface area contributed by atoms with E-state index in [1.54, 1.807) is 0 Å². The Morgan fingerprint density at radius 1 is 1.50 bits per heavy atom. The van der Waals surface area contributed by atoms with Crippen LogP contribution in [0.25, 0.3) is 0 Å². The lowest BCUT2D eigenvalue weighted by molar-refractivity contribution is -0.151. The van der Waals surface area contributed by atoms with E-state index in [0.29, 0.717) is 6.04 Å². The first-order chi connectivity index (χ1) is 7.66. The van der Waals surface area contributed by atoms with E-state index in [1.165, 1.54) is 12.8 Å². The van der Waals surface area contributed by atoms with Crippen LogP contribution >= 0.6 is 0 Å². The van der Waals surface area contributed by atoms with Crippen LogP contribution in [0.3, 0.4) is 0 Å². The molecule has 0 radical (unpaired) electrons. The third kappa shape index (κ3) is 2.72. The maximum absolute atomic E-state index is 10.7. The average Bonchev–Trinajstić information content (AvgIpc) is 2.70. The monoisotopic (exact) mass is 229 g/mol. The van der Waals surface area contributed by atoms with Crippen molar-refractivity contribution in [2.24, 2.45) is 0 Å². The number of carboxylic acid groups (broad SMARTS) is 1. The molecule has 1 N–H and O–H groups in total. The molecule has 0 aromatic heterocycles. The number of likely N-dealkylation sites (tertiary alicyclic amines) is 1. The number of piperidine rings is 1. The van der Waals surface area contributed by atoms with Crippen molar-refractivity contribution in [1.82, 2.24) is 4.90 Å². The Kier molecular flexibility index (Phi) is 3.78. The van der Waals surface area contributed by atoms with Gasteiger partial charge in [0.1, 0.15) is 0 Å². The lowest BCUT2D eigenvalue weighted by Crippen LogP contribution is -2.39. The molecule has 5 nitrogen and oxygen atoms in total. The van der Waals surface area contributed by atoms with Gasteiger partial charge in [0, 0.05) is 12.5 Å². The summed E-state index contributed by atoms with van der Waals surface area (Å²) in [4.78, 5) is 13.0. The van der Waals surface area contributed by atoms with Crippen LogP contribution in [0.4, 0.5) is 0 Å². The molecule has 0 aromatic rings. The van der Waals surface area contributed by atoms with Crippen molar-refractivity contribution < 1.29 is 19.4 Å². The number of nitrogens with zero attached hydrogens (tertiary/aromatic N) is 1. The molecule has 2 rings (SSSR count). The van der Waals surface area contributed by atoms with Gasteiger partial charge >= 0.3 is 5.97 Å². The van der Waals surface area contributed by atoms with E-state index in [2.05, 4.69) is 11.9 Å². The molecule has 0 aliphatic carbocycles. The minimum Gasteiger partial charge on any atom is -0.479 e. The Bertz CT molecular complexity index is 258. The van der Waals surface area contributed by atoms with Gasteiger partial charge in [0.2, 0.25) is 0 Å². The van der Waals surface area contributed by atoms with Crippen LogP contribution in [0.2, 0.25) is 0 Å². The molecule has 92 valence electrons. The van der Waals surface area contributed by atoms with E-state index in [0.717, 1.165) is 19.4 Å². The summed E-state index contributed by atoms with van der Waals surface area (Å²) in [5, 5.41) is 8.77. The zero-order chi connectivity index (χ0) is 11.5. The molecule has 16 heavy (non-hydrogen) atoms. The number of ether oxygens (including phenoxy) is 2. The molecule has 2 aliphatic rings. The fourth-order valence-electron chi connectivity index (χ4n) is 2.37. The standard InChI is InChI=1S/C11H19NO4/c1-12-5-3-2-4-8(12)6-10-15-7-9(16-10)11(13)14/h8-10H,2-7H2,1H3,(H,13,14). The van der Waals surface area contributed by atoms with E-state index >= 15 is 0 Å². The largest absolute Gasteiger partial charge is 0.479 e. The quantitative estimate of drug-likeness (QED) is 0.771. The molecule has 0 bridgehead atoms. The Hall–Kier alpha value is -0.650. The predicted molar refractivity (Wildman–Crippen MR) is 57.1 cm³/mol. The molecule has 5 heteroatoms. The number of hydrogen-bond donors (Lipinski definition) is 1. The van der Waals surface area contributed by atoms with Gasteiger partial charge in [0.15, 0.2) is 12.4 Å². The zero-order valence-corrected chi connectivity index (χ0v) is 9.59. The van der Waals surface area contributed by atoms with Gasteiger partial charge in [0.25, 0.3) is 0 Å². The number of aliphatic carboxylic acids is 1. The Labute approximate surface area is 95.3 Å². The summed E-state index contributed by atoms with van der Waals surface area (Å²) in [6.07, 6.45) is 3.30. The van der Waals surface area contributed by atoms with Gasteiger partial charge in [-0.2, -0.15) is 0 Å². The van der Waals surface area contributed by atoms with E-state index < -0.39 is 12.1 Å². The van der Waals surface area contributed by atoms with Crippen molar-refractivity contribution in [3.05, 3.63) is 0 Å². The summed E-state index contributed by atoms with van der Waals surface area (Å²) in [6, 6.07) is 0.464. The third-order valence-electron chi connectivity index (χ3n) is 3.41. The molecular formula is C11H19NO4. The fourth-order valence-corrected chi connectivity index (χ4v) is 2.37. The highest BCUT2D eigenvalue weighted by Gasteiger charge is 2.34. The minimum absolute atomic E-state index is 0.177. The topological polar surface area (TPSA) is 59.0 Å². The van der Waals surface area contributed by atoms with Crippen molar-refractivity contribution in [3.63, 3.8) is 0 Å². The first kappa shape index (κ1) is 11.8. The van der Waals surface area contributed by atoms with Crippen LogP contribution in [0, 0.1) is 0 Å². The Morgan fingerprint density at radius 3 is 2.94 bits per heavy atom. The number of rotatable bonds is 3. The van der Waals surface area contributed by atoms with Crippen LogP contribution < -0.4 is 0 Å². The average molecular weight is 229 g/mol. The van der Waals surface area contributed by atoms with Crippen LogP contribution in [-0.4, -0.2) is 54.6 Å². The lowest BCUT2D eigenvalue weighted by atomic mass is 10.00. The summed E-state index contributed by atoms with van der Waals surface area (Å²) in [6.45, 7) is 1.29. The van der Waals surface area contributed by atoms with Crippen LogP contribution in [0.5, 0.6) is 0 Å². The van der Waals surface area contributed by atoms with Gasteiger partial charge in [-0.15, -0.1) is 0 Å². The fraction of sp³-hybridized carbons (Fsp3) is 0.909. The van der Waals surface area contributed by atoms with Gasteiger partial charge < -0.3 is 19.5 Å². The minimum atomic E-state index is -0.931. The van der Waals surface area contributed by atoms with Crippen molar-refractivity contribution in [1.29, 1.82) is 0 Å². The number of hydrogen-bond acceptors (Lipinski definition) is 4. The molecule has 3 unspecified atom stereocenters. The van der Waals surface area contributed by atoms with Gasteiger partial charge in [-0.05, 0) is 26.4 Å². The highest BCUT2D eigenvalue weighted by Crippen LogP contribution is 2.23. The second-order valence-electron chi connectivity index (χ2n) is 4.59. The van der Waals surface area contributed by atoms with E-state index in [4.69, 9.17) is 14.6 Å². The highest BCUT2D eigenvalue weighted by molar-refractivity contribution is 5.72. The van der Waals surface area contributed by atoms with Gasteiger partial charge in [0.05, 0.1) is 6.61 Å².